The second-order valence-electron chi connectivity index (χ2n) is 4.26. The Morgan fingerprint density at radius 1 is 1.58 bits per heavy atom. The van der Waals surface area contributed by atoms with E-state index in [0.717, 1.165) is 19.1 Å². The van der Waals surface area contributed by atoms with Crippen LogP contribution < -0.4 is 0 Å². The van der Waals surface area contributed by atoms with Gasteiger partial charge in [0.1, 0.15) is 12.0 Å². The lowest BCUT2D eigenvalue weighted by molar-refractivity contribution is -0.111. The van der Waals surface area contributed by atoms with E-state index in [0.29, 0.717) is 12.3 Å². The zero-order valence-corrected chi connectivity index (χ0v) is 7.85. The Labute approximate surface area is 73.3 Å². The van der Waals surface area contributed by atoms with E-state index in [1.54, 1.807) is 13.8 Å². The Morgan fingerprint density at radius 3 is 2.42 bits per heavy atom. The largest absolute Gasteiger partial charge is 0.303 e. The molecule has 0 aromatic heterocycles. The first kappa shape index (κ1) is 9.69. The fourth-order valence-corrected chi connectivity index (χ4v) is 1.98. The molecule has 0 heterocycles. The normalized spacial score (nSPS) is 21.6. The SMILES string of the molecule is CC(C)(F)C(CC=O)C1CCC1. The molecule has 0 radical (unpaired) electrons. The van der Waals surface area contributed by atoms with Gasteiger partial charge in [0.25, 0.3) is 0 Å². The summed E-state index contributed by atoms with van der Waals surface area (Å²) in [6.45, 7) is 3.17. The molecule has 70 valence electrons. The minimum absolute atomic E-state index is 0.0521. The summed E-state index contributed by atoms with van der Waals surface area (Å²) in [4.78, 5) is 10.3. The van der Waals surface area contributed by atoms with Crippen molar-refractivity contribution in [3.63, 3.8) is 0 Å². The lowest BCUT2D eigenvalue weighted by atomic mass is 9.69. The second kappa shape index (κ2) is 3.55. The van der Waals surface area contributed by atoms with Gasteiger partial charge in [-0.1, -0.05) is 19.3 Å². The first-order valence-electron chi connectivity index (χ1n) is 4.68. The van der Waals surface area contributed by atoms with Gasteiger partial charge in [-0.15, -0.1) is 0 Å². The summed E-state index contributed by atoms with van der Waals surface area (Å²) in [5, 5.41) is 0. The van der Waals surface area contributed by atoms with Gasteiger partial charge in [-0.25, -0.2) is 4.39 Å². The Morgan fingerprint density at radius 2 is 2.17 bits per heavy atom. The smallest absolute Gasteiger partial charge is 0.120 e. The van der Waals surface area contributed by atoms with Gasteiger partial charge in [0.2, 0.25) is 0 Å². The maximum atomic E-state index is 13.6. The Balaban J connectivity index is 2.53. The van der Waals surface area contributed by atoms with Crippen molar-refractivity contribution in [2.45, 2.75) is 45.2 Å². The van der Waals surface area contributed by atoms with E-state index in [1.807, 2.05) is 0 Å². The lowest BCUT2D eigenvalue weighted by Gasteiger charge is -2.38. The third-order valence-corrected chi connectivity index (χ3v) is 2.95. The van der Waals surface area contributed by atoms with E-state index in [4.69, 9.17) is 0 Å². The van der Waals surface area contributed by atoms with Crippen molar-refractivity contribution in [2.75, 3.05) is 0 Å². The van der Waals surface area contributed by atoms with Crippen LogP contribution in [0.3, 0.4) is 0 Å². The summed E-state index contributed by atoms with van der Waals surface area (Å²) in [5.74, 6) is 0.402. The fourth-order valence-electron chi connectivity index (χ4n) is 1.98. The standard InChI is InChI=1S/C10H17FO/c1-10(2,11)9(6-7-12)8-4-3-5-8/h7-9H,3-6H2,1-2H3. The molecule has 0 saturated heterocycles. The first-order chi connectivity index (χ1) is 5.55. The molecule has 1 nitrogen and oxygen atoms in total. The van der Waals surface area contributed by atoms with E-state index in [1.165, 1.54) is 6.42 Å². The molecule has 1 rings (SSSR count). The van der Waals surface area contributed by atoms with Crippen LogP contribution in [0.5, 0.6) is 0 Å². The van der Waals surface area contributed by atoms with Crippen LogP contribution in [0.2, 0.25) is 0 Å². The molecule has 1 saturated carbocycles. The van der Waals surface area contributed by atoms with Crippen LogP contribution >= 0.6 is 0 Å². The number of alkyl halides is 1. The van der Waals surface area contributed by atoms with Crippen LogP contribution in [0.15, 0.2) is 0 Å². The highest BCUT2D eigenvalue weighted by molar-refractivity contribution is 5.50. The zero-order chi connectivity index (χ0) is 9.19. The summed E-state index contributed by atoms with van der Waals surface area (Å²) < 4.78 is 13.6. The molecule has 1 fully saturated rings. The summed E-state index contributed by atoms with van der Waals surface area (Å²) in [7, 11) is 0. The number of halogens is 1. The molecular formula is C10H17FO. The molecule has 0 aliphatic heterocycles. The second-order valence-corrected chi connectivity index (χ2v) is 4.26. The topological polar surface area (TPSA) is 17.1 Å². The third kappa shape index (κ3) is 2.05. The van der Waals surface area contributed by atoms with Gasteiger partial charge < -0.3 is 4.79 Å². The highest BCUT2D eigenvalue weighted by Gasteiger charge is 2.37. The molecular weight excluding hydrogens is 155 g/mol. The van der Waals surface area contributed by atoms with Gasteiger partial charge in [-0.3, -0.25) is 0 Å². The molecule has 12 heavy (non-hydrogen) atoms. The molecule has 0 aromatic carbocycles. The third-order valence-electron chi connectivity index (χ3n) is 2.95. The Hall–Kier alpha value is -0.400. The van der Waals surface area contributed by atoms with Gasteiger partial charge in [0.15, 0.2) is 0 Å². The summed E-state index contributed by atoms with van der Waals surface area (Å²) in [5.41, 5.74) is -1.19. The maximum absolute atomic E-state index is 13.6. The van der Waals surface area contributed by atoms with Crippen molar-refractivity contribution in [1.82, 2.24) is 0 Å². The van der Waals surface area contributed by atoms with Crippen molar-refractivity contribution in [1.29, 1.82) is 0 Å². The predicted octanol–water partition coefficient (Wildman–Crippen LogP) is 2.74. The first-order valence-corrected chi connectivity index (χ1v) is 4.68. The number of hydrogen-bond donors (Lipinski definition) is 0. The van der Waals surface area contributed by atoms with E-state index >= 15 is 0 Å². The molecule has 1 atom stereocenters. The van der Waals surface area contributed by atoms with E-state index in [2.05, 4.69) is 0 Å². The van der Waals surface area contributed by atoms with Crippen molar-refractivity contribution >= 4 is 6.29 Å². The number of rotatable bonds is 4. The summed E-state index contributed by atoms with van der Waals surface area (Å²) in [6.07, 6.45) is 4.65. The fraction of sp³-hybridized carbons (Fsp3) is 0.900. The van der Waals surface area contributed by atoms with Crippen LogP contribution in [0.4, 0.5) is 4.39 Å². The molecule has 1 unspecified atom stereocenters. The van der Waals surface area contributed by atoms with Crippen molar-refractivity contribution < 1.29 is 9.18 Å². The average molecular weight is 172 g/mol. The Kier molecular flexibility index (Phi) is 2.86. The van der Waals surface area contributed by atoms with E-state index in [-0.39, 0.29) is 5.92 Å². The molecule has 2 heteroatoms. The summed E-state index contributed by atoms with van der Waals surface area (Å²) in [6, 6.07) is 0. The predicted molar refractivity (Wildman–Crippen MR) is 46.7 cm³/mol. The van der Waals surface area contributed by atoms with Gasteiger partial charge in [0, 0.05) is 12.3 Å². The monoisotopic (exact) mass is 172 g/mol. The van der Waals surface area contributed by atoms with E-state index in [9.17, 15) is 9.18 Å². The van der Waals surface area contributed by atoms with Crippen LogP contribution in [0.25, 0.3) is 0 Å². The van der Waals surface area contributed by atoms with Gasteiger partial charge in [-0.05, 0) is 19.8 Å². The minimum atomic E-state index is -1.19. The molecule has 0 bridgehead atoms. The summed E-state index contributed by atoms with van der Waals surface area (Å²) >= 11 is 0. The maximum Gasteiger partial charge on any atom is 0.120 e. The number of carbonyl (C=O) groups is 1. The lowest BCUT2D eigenvalue weighted by Crippen LogP contribution is -2.36. The molecule has 0 aromatic rings. The number of carbonyl (C=O) groups excluding carboxylic acids is 1. The molecule has 0 spiro atoms. The quantitative estimate of drug-likeness (QED) is 0.596. The van der Waals surface area contributed by atoms with Gasteiger partial charge >= 0.3 is 0 Å². The van der Waals surface area contributed by atoms with E-state index < -0.39 is 5.67 Å². The zero-order valence-electron chi connectivity index (χ0n) is 7.85. The highest BCUT2D eigenvalue weighted by atomic mass is 19.1. The number of hydrogen-bond acceptors (Lipinski definition) is 1. The van der Waals surface area contributed by atoms with Crippen LogP contribution in [-0.4, -0.2) is 12.0 Å². The van der Waals surface area contributed by atoms with Gasteiger partial charge in [-0.2, -0.15) is 0 Å². The van der Waals surface area contributed by atoms with Crippen LogP contribution in [0.1, 0.15) is 39.5 Å². The average Bonchev–Trinajstić information content (AvgIpc) is 1.80. The van der Waals surface area contributed by atoms with Crippen molar-refractivity contribution in [3.05, 3.63) is 0 Å². The highest BCUT2D eigenvalue weighted by Crippen LogP contribution is 2.41. The molecule has 0 N–H and O–H groups in total. The minimum Gasteiger partial charge on any atom is -0.303 e. The molecule has 0 amide bonds. The van der Waals surface area contributed by atoms with Crippen LogP contribution in [-0.2, 0) is 4.79 Å². The molecule has 1 aliphatic rings. The van der Waals surface area contributed by atoms with Crippen molar-refractivity contribution in [2.24, 2.45) is 11.8 Å². The van der Waals surface area contributed by atoms with Gasteiger partial charge in [0.05, 0.1) is 0 Å². The molecule has 1 aliphatic carbocycles. The Bertz CT molecular complexity index is 156. The number of aldehydes is 1. The van der Waals surface area contributed by atoms with Crippen LogP contribution in [0, 0.1) is 11.8 Å². The van der Waals surface area contributed by atoms with Crippen molar-refractivity contribution in [3.8, 4) is 0 Å².